The zero-order valence-electron chi connectivity index (χ0n) is 10.4. The van der Waals surface area contributed by atoms with Gasteiger partial charge in [-0.2, -0.15) is 0 Å². The van der Waals surface area contributed by atoms with Gasteiger partial charge in [0.2, 0.25) is 5.95 Å². The van der Waals surface area contributed by atoms with Gasteiger partial charge in [-0.1, -0.05) is 6.08 Å². The van der Waals surface area contributed by atoms with Crippen LogP contribution in [-0.2, 0) is 6.42 Å². The Morgan fingerprint density at radius 3 is 3.21 bits per heavy atom. The topological polar surface area (TPSA) is 57.2 Å². The van der Waals surface area contributed by atoms with Gasteiger partial charge in [0.05, 0.1) is 11.4 Å². The molecule has 2 aromatic rings. The van der Waals surface area contributed by atoms with Gasteiger partial charge in [0.15, 0.2) is 0 Å². The zero-order valence-corrected chi connectivity index (χ0v) is 10.4. The second kappa shape index (κ2) is 4.05. The first kappa shape index (κ1) is 10.5. The fourth-order valence-corrected chi connectivity index (χ4v) is 2.50. The van der Waals surface area contributed by atoms with Crippen molar-refractivity contribution in [2.45, 2.75) is 6.42 Å². The van der Waals surface area contributed by atoms with Gasteiger partial charge in [-0.3, -0.25) is 9.98 Å². The van der Waals surface area contributed by atoms with Crippen LogP contribution in [0.5, 0.6) is 0 Å². The molecule has 0 saturated carbocycles. The molecule has 19 heavy (non-hydrogen) atoms. The number of H-pyrrole nitrogens is 1. The number of rotatable bonds is 1. The molecule has 0 atom stereocenters. The lowest BCUT2D eigenvalue weighted by molar-refractivity contribution is 0.914. The molecule has 2 aromatic heterocycles. The third-order valence-electron chi connectivity index (χ3n) is 3.43. The second-order valence-corrected chi connectivity index (χ2v) is 4.63. The molecule has 0 spiro atoms. The quantitative estimate of drug-likeness (QED) is 0.842. The Bertz CT molecular complexity index is 683. The highest BCUT2D eigenvalue weighted by molar-refractivity contribution is 5.81. The minimum absolute atomic E-state index is 0.808. The van der Waals surface area contributed by atoms with Crippen molar-refractivity contribution in [3.63, 3.8) is 0 Å². The van der Waals surface area contributed by atoms with Crippen LogP contribution in [0.2, 0.25) is 0 Å². The van der Waals surface area contributed by atoms with Crippen LogP contribution in [-0.4, -0.2) is 34.3 Å². The van der Waals surface area contributed by atoms with Crippen molar-refractivity contribution in [2.24, 2.45) is 4.99 Å². The van der Waals surface area contributed by atoms with E-state index in [-0.39, 0.29) is 0 Å². The number of aromatic amines is 1. The molecule has 1 N–H and O–H groups in total. The predicted octanol–water partition coefficient (Wildman–Crippen LogP) is 1.94. The third kappa shape index (κ3) is 1.66. The van der Waals surface area contributed by atoms with Gasteiger partial charge >= 0.3 is 0 Å². The van der Waals surface area contributed by atoms with Crippen LogP contribution in [0.3, 0.4) is 0 Å². The maximum Gasteiger partial charge on any atom is 0.208 e. The summed E-state index contributed by atoms with van der Waals surface area (Å²) in [6, 6.07) is 4.02. The number of hydrogen-bond donors (Lipinski definition) is 1. The highest BCUT2D eigenvalue weighted by atomic mass is 15.3. The third-order valence-corrected chi connectivity index (χ3v) is 3.43. The molecule has 2 aliphatic rings. The summed E-state index contributed by atoms with van der Waals surface area (Å²) in [4.78, 5) is 18.8. The smallest absolute Gasteiger partial charge is 0.208 e. The van der Waals surface area contributed by atoms with Gasteiger partial charge in [0.1, 0.15) is 5.69 Å². The van der Waals surface area contributed by atoms with E-state index in [1.165, 1.54) is 5.69 Å². The average molecular weight is 251 g/mol. The maximum absolute atomic E-state index is 4.63. The van der Waals surface area contributed by atoms with E-state index in [2.05, 4.69) is 43.1 Å². The Morgan fingerprint density at radius 2 is 2.26 bits per heavy atom. The van der Waals surface area contributed by atoms with Gasteiger partial charge in [0, 0.05) is 37.6 Å². The van der Waals surface area contributed by atoms with Crippen LogP contribution >= 0.6 is 0 Å². The lowest BCUT2D eigenvalue weighted by Gasteiger charge is -2.24. The lowest BCUT2D eigenvalue weighted by Crippen LogP contribution is -2.22. The highest BCUT2D eigenvalue weighted by Crippen LogP contribution is 2.30. The number of nitrogens with one attached hydrogen (secondary N) is 1. The number of hydrogen-bond acceptors (Lipinski definition) is 4. The molecular formula is C14H13N5. The highest BCUT2D eigenvalue weighted by Gasteiger charge is 2.20. The molecule has 2 aliphatic heterocycles. The molecule has 0 saturated heterocycles. The minimum Gasteiger partial charge on any atom is -0.327 e. The number of nitrogens with zero attached hydrogens (tertiary/aromatic N) is 4. The van der Waals surface area contributed by atoms with Gasteiger partial charge in [-0.05, 0) is 18.2 Å². The van der Waals surface area contributed by atoms with Crippen LogP contribution in [0.4, 0.5) is 11.6 Å². The van der Waals surface area contributed by atoms with Crippen LogP contribution in [0, 0.1) is 0 Å². The molecule has 5 heteroatoms. The average Bonchev–Trinajstić information content (AvgIpc) is 2.90. The van der Waals surface area contributed by atoms with Gasteiger partial charge in [0.25, 0.3) is 0 Å². The monoisotopic (exact) mass is 251 g/mol. The summed E-state index contributed by atoms with van der Waals surface area (Å²) in [6.45, 7) is 1.65. The predicted molar refractivity (Wildman–Crippen MR) is 75.0 cm³/mol. The molecule has 0 aliphatic carbocycles. The Labute approximate surface area is 110 Å². The Hall–Kier alpha value is -2.43. The fraction of sp³-hybridized carbons (Fsp3) is 0.214. The zero-order chi connectivity index (χ0) is 12.7. The van der Waals surface area contributed by atoms with E-state index in [1.807, 2.05) is 18.5 Å². The van der Waals surface area contributed by atoms with E-state index < -0.39 is 0 Å². The van der Waals surface area contributed by atoms with Crippen molar-refractivity contribution in [1.29, 1.82) is 0 Å². The SMILES string of the molecule is C1=Cc2ncccc2N(c2nc3c([nH]2)CCN=C3)C1. The van der Waals surface area contributed by atoms with Crippen molar-refractivity contribution in [3.8, 4) is 0 Å². The van der Waals surface area contributed by atoms with E-state index in [4.69, 9.17) is 0 Å². The summed E-state index contributed by atoms with van der Waals surface area (Å²) < 4.78 is 0. The minimum atomic E-state index is 0.808. The number of anilines is 2. The molecule has 0 radical (unpaired) electrons. The Morgan fingerprint density at radius 1 is 1.26 bits per heavy atom. The van der Waals surface area contributed by atoms with Gasteiger partial charge in [-0.15, -0.1) is 0 Å². The standard InChI is InChI=1S/C14H13N5/c1-4-13-11(16-6-1)3-2-8-19(13)14-17-10-5-7-15-9-12(10)18-14/h1-4,6,9H,5,7-8H2,(H,17,18). The van der Waals surface area contributed by atoms with Crippen LogP contribution in [0.15, 0.2) is 29.4 Å². The number of aliphatic imine (C=N–C) groups is 1. The molecule has 0 aromatic carbocycles. The molecule has 0 bridgehead atoms. The van der Waals surface area contributed by atoms with Gasteiger partial charge in [-0.25, -0.2) is 4.98 Å². The Kier molecular flexibility index (Phi) is 2.24. The van der Waals surface area contributed by atoms with Crippen molar-refractivity contribution < 1.29 is 0 Å². The molecular weight excluding hydrogens is 238 g/mol. The van der Waals surface area contributed by atoms with Crippen LogP contribution in [0.1, 0.15) is 17.1 Å². The van der Waals surface area contributed by atoms with E-state index in [0.29, 0.717) is 0 Å². The summed E-state index contributed by atoms with van der Waals surface area (Å²) in [5, 5.41) is 0. The first-order valence-corrected chi connectivity index (χ1v) is 6.39. The van der Waals surface area contributed by atoms with Crippen molar-refractivity contribution >= 4 is 23.9 Å². The second-order valence-electron chi connectivity index (χ2n) is 4.63. The summed E-state index contributed by atoms with van der Waals surface area (Å²) in [7, 11) is 0. The largest absolute Gasteiger partial charge is 0.327 e. The van der Waals surface area contributed by atoms with E-state index in [9.17, 15) is 0 Å². The summed E-state index contributed by atoms with van der Waals surface area (Å²) in [6.07, 6.45) is 8.75. The summed E-state index contributed by atoms with van der Waals surface area (Å²) in [5.41, 5.74) is 4.20. The Balaban J connectivity index is 1.79. The van der Waals surface area contributed by atoms with Crippen molar-refractivity contribution in [2.75, 3.05) is 18.0 Å². The van der Waals surface area contributed by atoms with Crippen molar-refractivity contribution in [1.82, 2.24) is 15.0 Å². The fourth-order valence-electron chi connectivity index (χ4n) is 2.50. The first-order valence-electron chi connectivity index (χ1n) is 6.39. The number of pyridine rings is 1. The van der Waals surface area contributed by atoms with Crippen LogP contribution < -0.4 is 4.90 Å². The molecule has 0 unspecified atom stereocenters. The molecule has 94 valence electrons. The molecule has 5 nitrogen and oxygen atoms in total. The van der Waals surface area contributed by atoms with Crippen molar-refractivity contribution in [3.05, 3.63) is 41.5 Å². The maximum atomic E-state index is 4.63. The molecule has 0 fully saturated rings. The normalized spacial score (nSPS) is 16.3. The first-order chi connectivity index (χ1) is 9.42. The number of imidazole rings is 1. The van der Waals surface area contributed by atoms with E-state index in [1.54, 1.807) is 0 Å². The lowest BCUT2D eigenvalue weighted by atomic mass is 10.2. The molecule has 0 amide bonds. The number of aromatic nitrogens is 3. The molecule has 4 rings (SSSR count). The summed E-state index contributed by atoms with van der Waals surface area (Å²) >= 11 is 0. The van der Waals surface area contributed by atoms with E-state index >= 15 is 0 Å². The molecule has 4 heterocycles. The number of fused-ring (bicyclic) bond motifs is 2. The van der Waals surface area contributed by atoms with E-state index in [0.717, 1.165) is 42.5 Å². The van der Waals surface area contributed by atoms with Crippen LogP contribution in [0.25, 0.3) is 6.08 Å². The summed E-state index contributed by atoms with van der Waals surface area (Å²) in [5.74, 6) is 0.872. The van der Waals surface area contributed by atoms with Gasteiger partial charge < -0.3 is 9.88 Å².